The number of aryl methyl sites for hydroxylation is 1. The minimum absolute atomic E-state index is 0.0623. The van der Waals surface area contributed by atoms with Crippen LogP contribution in [0.1, 0.15) is 51.9 Å². The van der Waals surface area contributed by atoms with Crippen LogP contribution in [0.3, 0.4) is 0 Å². The fourth-order valence-electron chi connectivity index (χ4n) is 3.41. The fourth-order valence-corrected chi connectivity index (χ4v) is 3.41. The minimum atomic E-state index is -0.0623. The molecular weight excluding hydrogens is 328 g/mol. The van der Waals surface area contributed by atoms with Crippen LogP contribution in [-0.2, 0) is 6.54 Å². The molecule has 0 radical (unpaired) electrons. The Morgan fingerprint density at radius 1 is 1.12 bits per heavy atom. The highest BCUT2D eigenvalue weighted by molar-refractivity contribution is 5.66. The van der Waals surface area contributed by atoms with Crippen molar-refractivity contribution < 1.29 is 9.47 Å². The second-order valence-corrected chi connectivity index (χ2v) is 6.90. The van der Waals surface area contributed by atoms with Gasteiger partial charge in [-0.1, -0.05) is 25.8 Å². The first kappa shape index (κ1) is 18.5. The van der Waals surface area contributed by atoms with E-state index in [0.29, 0.717) is 6.54 Å². The number of aromatic nitrogens is 2. The molecule has 2 aromatic rings. The molecule has 3 rings (SSSR count). The molecule has 140 valence electrons. The first-order valence-corrected chi connectivity index (χ1v) is 9.63. The average Bonchev–Trinajstić information content (AvgIpc) is 3.16. The summed E-state index contributed by atoms with van der Waals surface area (Å²) >= 11 is 0. The van der Waals surface area contributed by atoms with Crippen LogP contribution < -0.4 is 15.0 Å². The number of unbranched alkanes of at least 4 members (excludes halogenated alkanes) is 2. The molecule has 0 saturated heterocycles. The van der Waals surface area contributed by atoms with Gasteiger partial charge in [0.15, 0.2) is 11.5 Å². The number of nitrogens with zero attached hydrogens (tertiary/aromatic N) is 2. The number of benzene rings is 1. The molecule has 1 aliphatic rings. The van der Waals surface area contributed by atoms with Gasteiger partial charge in [-0.2, -0.15) is 5.10 Å². The molecule has 0 bridgehead atoms. The second kappa shape index (κ2) is 8.88. The van der Waals surface area contributed by atoms with Crippen molar-refractivity contribution in [3.63, 3.8) is 0 Å². The zero-order valence-electron chi connectivity index (χ0n) is 15.7. The highest BCUT2D eigenvalue weighted by Crippen LogP contribution is 2.35. The molecular formula is C21H28N2O3. The molecule has 1 aromatic carbocycles. The van der Waals surface area contributed by atoms with E-state index < -0.39 is 0 Å². The molecule has 0 atom stereocenters. The third kappa shape index (κ3) is 4.45. The number of hydrogen-bond acceptors (Lipinski definition) is 4. The minimum Gasteiger partial charge on any atom is -0.493 e. The molecule has 1 aromatic heterocycles. The molecule has 0 N–H and O–H groups in total. The van der Waals surface area contributed by atoms with E-state index in [4.69, 9.17) is 9.47 Å². The van der Waals surface area contributed by atoms with Gasteiger partial charge >= 0.3 is 0 Å². The van der Waals surface area contributed by atoms with Crippen LogP contribution in [0.4, 0.5) is 0 Å². The maximum Gasteiger partial charge on any atom is 0.267 e. The average molecular weight is 356 g/mol. The van der Waals surface area contributed by atoms with E-state index in [0.717, 1.165) is 54.7 Å². The summed E-state index contributed by atoms with van der Waals surface area (Å²) in [5.41, 5.74) is 1.66. The Labute approximate surface area is 155 Å². The van der Waals surface area contributed by atoms with E-state index in [1.165, 1.54) is 12.8 Å². The van der Waals surface area contributed by atoms with Crippen molar-refractivity contribution >= 4 is 0 Å². The molecule has 5 nitrogen and oxygen atoms in total. The van der Waals surface area contributed by atoms with Gasteiger partial charge in [-0.15, -0.1) is 0 Å². The number of hydrogen-bond donors (Lipinski definition) is 0. The van der Waals surface area contributed by atoms with Crippen LogP contribution in [0, 0.1) is 0 Å². The Hall–Kier alpha value is -2.30. The summed E-state index contributed by atoms with van der Waals surface area (Å²) in [6.45, 7) is 2.82. The van der Waals surface area contributed by atoms with E-state index in [1.54, 1.807) is 24.1 Å². The van der Waals surface area contributed by atoms with Gasteiger partial charge in [0.2, 0.25) is 0 Å². The quantitative estimate of drug-likeness (QED) is 0.657. The lowest BCUT2D eigenvalue weighted by Gasteiger charge is -2.17. The summed E-state index contributed by atoms with van der Waals surface area (Å²) in [6.07, 6.45) is 9.83. The normalized spacial score (nSPS) is 14.5. The Balaban J connectivity index is 1.81. The third-order valence-corrected chi connectivity index (χ3v) is 4.94. The maximum absolute atomic E-state index is 12.3. The van der Waals surface area contributed by atoms with E-state index in [1.807, 2.05) is 18.2 Å². The second-order valence-electron chi connectivity index (χ2n) is 6.90. The Morgan fingerprint density at radius 2 is 1.92 bits per heavy atom. The van der Waals surface area contributed by atoms with Crippen molar-refractivity contribution in [2.45, 2.75) is 64.5 Å². The van der Waals surface area contributed by atoms with Gasteiger partial charge in [-0.05, 0) is 49.8 Å². The van der Waals surface area contributed by atoms with Gasteiger partial charge < -0.3 is 9.47 Å². The first-order chi connectivity index (χ1) is 12.7. The van der Waals surface area contributed by atoms with Crippen LogP contribution in [-0.4, -0.2) is 23.0 Å². The van der Waals surface area contributed by atoms with Gasteiger partial charge in [0, 0.05) is 18.2 Å². The Morgan fingerprint density at radius 3 is 2.62 bits per heavy atom. The first-order valence-electron chi connectivity index (χ1n) is 9.63. The van der Waals surface area contributed by atoms with Crippen molar-refractivity contribution in [2.75, 3.05) is 7.11 Å². The van der Waals surface area contributed by atoms with Crippen LogP contribution in [0.2, 0.25) is 0 Å². The molecule has 1 saturated carbocycles. The molecule has 1 heterocycles. The summed E-state index contributed by atoms with van der Waals surface area (Å²) in [5.74, 6) is 1.46. The number of methoxy groups -OCH3 is 1. The number of rotatable bonds is 8. The highest BCUT2D eigenvalue weighted by atomic mass is 16.5. The lowest BCUT2D eigenvalue weighted by atomic mass is 10.1. The molecule has 0 amide bonds. The van der Waals surface area contributed by atoms with E-state index >= 15 is 0 Å². The predicted octanol–water partition coefficient (Wildman–Crippen LogP) is 4.43. The van der Waals surface area contributed by atoms with Crippen LogP contribution in [0.15, 0.2) is 35.3 Å². The van der Waals surface area contributed by atoms with Crippen molar-refractivity contribution in [1.82, 2.24) is 9.78 Å². The summed E-state index contributed by atoms with van der Waals surface area (Å²) in [5, 5.41) is 4.33. The highest BCUT2D eigenvalue weighted by Gasteiger charge is 2.19. The summed E-state index contributed by atoms with van der Waals surface area (Å²) in [4.78, 5) is 12.3. The van der Waals surface area contributed by atoms with Crippen LogP contribution in [0.25, 0.3) is 11.1 Å². The molecule has 0 unspecified atom stereocenters. The number of ether oxygens (including phenoxy) is 2. The van der Waals surface area contributed by atoms with Gasteiger partial charge in [0.1, 0.15) is 0 Å². The van der Waals surface area contributed by atoms with Crippen LogP contribution in [0.5, 0.6) is 11.5 Å². The van der Waals surface area contributed by atoms with Crippen molar-refractivity contribution in [2.24, 2.45) is 0 Å². The molecule has 0 spiro atoms. The monoisotopic (exact) mass is 356 g/mol. The van der Waals surface area contributed by atoms with Crippen molar-refractivity contribution in [3.8, 4) is 22.6 Å². The summed E-state index contributed by atoms with van der Waals surface area (Å²) in [6, 6.07) is 7.44. The molecule has 0 aliphatic heterocycles. The van der Waals surface area contributed by atoms with Gasteiger partial charge in [0.05, 0.1) is 19.4 Å². The molecule has 1 fully saturated rings. The summed E-state index contributed by atoms with van der Waals surface area (Å²) in [7, 11) is 1.65. The van der Waals surface area contributed by atoms with Gasteiger partial charge in [0.25, 0.3) is 5.56 Å². The molecule has 1 aliphatic carbocycles. The molecule has 26 heavy (non-hydrogen) atoms. The molecule has 5 heteroatoms. The zero-order valence-corrected chi connectivity index (χ0v) is 15.7. The Kier molecular flexibility index (Phi) is 6.31. The standard InChI is InChI=1S/C21H28N2O3/c1-3-4-7-12-23-21(24)14-17(15-22-23)16-10-11-19(25-2)20(13-16)26-18-8-5-6-9-18/h10-11,13-15,18H,3-9,12H2,1-2H3. The maximum atomic E-state index is 12.3. The SMILES string of the molecule is CCCCCn1ncc(-c2ccc(OC)c(OC3CCCC3)c2)cc1=O. The van der Waals surface area contributed by atoms with Crippen molar-refractivity contribution in [3.05, 3.63) is 40.8 Å². The largest absolute Gasteiger partial charge is 0.493 e. The third-order valence-electron chi connectivity index (χ3n) is 4.94. The van der Waals surface area contributed by atoms with E-state index in [-0.39, 0.29) is 11.7 Å². The van der Waals surface area contributed by atoms with E-state index in [2.05, 4.69) is 12.0 Å². The van der Waals surface area contributed by atoms with E-state index in [9.17, 15) is 4.79 Å². The predicted molar refractivity (Wildman–Crippen MR) is 103 cm³/mol. The fraction of sp³-hybridized carbons (Fsp3) is 0.524. The lowest BCUT2D eigenvalue weighted by Crippen LogP contribution is -2.22. The topological polar surface area (TPSA) is 53.4 Å². The van der Waals surface area contributed by atoms with Crippen molar-refractivity contribution in [1.29, 1.82) is 0 Å². The van der Waals surface area contributed by atoms with Gasteiger partial charge in [-0.3, -0.25) is 4.79 Å². The Bertz CT molecular complexity index is 779. The van der Waals surface area contributed by atoms with Crippen LogP contribution >= 0.6 is 0 Å². The smallest absolute Gasteiger partial charge is 0.267 e. The van der Waals surface area contributed by atoms with Gasteiger partial charge in [-0.25, -0.2) is 4.68 Å². The summed E-state index contributed by atoms with van der Waals surface area (Å²) < 4.78 is 13.1. The lowest BCUT2D eigenvalue weighted by molar-refractivity contribution is 0.201. The zero-order chi connectivity index (χ0) is 18.4.